The van der Waals surface area contributed by atoms with Crippen molar-refractivity contribution in [2.45, 2.75) is 50.5 Å². The lowest BCUT2D eigenvalue weighted by Crippen LogP contribution is -2.54. The molecule has 0 heterocycles. The van der Waals surface area contributed by atoms with Gasteiger partial charge in [-0.25, -0.2) is 0 Å². The maximum absolute atomic E-state index is 11.7. The summed E-state index contributed by atoms with van der Waals surface area (Å²) < 4.78 is 4.93. The molecule has 1 fully saturated rings. The lowest BCUT2D eigenvalue weighted by atomic mass is 9.81. The summed E-state index contributed by atoms with van der Waals surface area (Å²) in [6, 6.07) is 0. The molecule has 1 rings (SSSR count). The fourth-order valence-electron chi connectivity index (χ4n) is 2.34. The first-order chi connectivity index (χ1) is 7.72. The molecule has 3 N–H and O–H groups in total. The second-order valence-electron chi connectivity index (χ2n) is 4.69. The molecule has 1 saturated carbocycles. The van der Waals surface area contributed by atoms with Gasteiger partial charge in [0.05, 0.1) is 5.54 Å². The molecule has 16 heavy (non-hydrogen) atoms. The number of nitrogens with one attached hydrogen (secondary N) is 1. The third-order valence-corrected chi connectivity index (χ3v) is 3.36. The van der Waals surface area contributed by atoms with Crippen molar-refractivity contribution >= 4 is 5.91 Å². The Morgan fingerprint density at radius 2 is 2.06 bits per heavy atom. The van der Waals surface area contributed by atoms with Crippen LogP contribution in [0.4, 0.5) is 0 Å². The van der Waals surface area contributed by atoms with E-state index >= 15 is 0 Å². The van der Waals surface area contributed by atoms with Crippen LogP contribution >= 0.6 is 0 Å². The Labute approximate surface area is 97.9 Å². The van der Waals surface area contributed by atoms with E-state index in [9.17, 15) is 4.79 Å². The highest BCUT2D eigenvalue weighted by atomic mass is 16.5. The number of rotatable bonds is 6. The van der Waals surface area contributed by atoms with Crippen molar-refractivity contribution in [2.24, 2.45) is 5.73 Å². The molecular formula is C12H24N2O2. The average Bonchev–Trinajstić information content (AvgIpc) is 2.30. The predicted octanol–water partition coefficient (Wildman–Crippen LogP) is 1.19. The highest BCUT2D eigenvalue weighted by Crippen LogP contribution is 2.27. The Kier molecular flexibility index (Phi) is 5.77. The minimum absolute atomic E-state index is 0.115. The third kappa shape index (κ3) is 4.10. The van der Waals surface area contributed by atoms with Gasteiger partial charge in [-0.15, -0.1) is 0 Å². The molecule has 0 spiro atoms. The summed E-state index contributed by atoms with van der Waals surface area (Å²) in [6.07, 6.45) is 6.99. The molecule has 0 saturated heterocycles. The van der Waals surface area contributed by atoms with Crippen LogP contribution in [0.15, 0.2) is 0 Å². The second kappa shape index (κ2) is 6.86. The van der Waals surface area contributed by atoms with Crippen LogP contribution in [0.25, 0.3) is 0 Å². The third-order valence-electron chi connectivity index (χ3n) is 3.36. The topological polar surface area (TPSA) is 64.3 Å². The van der Waals surface area contributed by atoms with Gasteiger partial charge in [0.15, 0.2) is 0 Å². The van der Waals surface area contributed by atoms with Crippen LogP contribution in [0.1, 0.15) is 44.9 Å². The molecule has 1 amide bonds. The van der Waals surface area contributed by atoms with E-state index in [1.165, 1.54) is 19.3 Å². The molecule has 0 aromatic rings. The first kappa shape index (κ1) is 13.5. The van der Waals surface area contributed by atoms with Crippen molar-refractivity contribution in [2.75, 3.05) is 20.3 Å². The zero-order chi connectivity index (χ0) is 11.9. The first-order valence-corrected chi connectivity index (χ1v) is 6.22. The van der Waals surface area contributed by atoms with E-state index in [-0.39, 0.29) is 11.4 Å². The number of hydrogen-bond donors (Lipinski definition) is 2. The molecule has 94 valence electrons. The van der Waals surface area contributed by atoms with Crippen molar-refractivity contribution in [1.29, 1.82) is 0 Å². The molecule has 1 aliphatic carbocycles. The van der Waals surface area contributed by atoms with Gasteiger partial charge >= 0.3 is 0 Å². The Balaban J connectivity index is 2.33. The average molecular weight is 228 g/mol. The maximum atomic E-state index is 11.7. The van der Waals surface area contributed by atoms with Crippen LogP contribution in [0.5, 0.6) is 0 Å². The first-order valence-electron chi connectivity index (χ1n) is 6.22. The largest absolute Gasteiger partial charge is 0.385 e. The van der Waals surface area contributed by atoms with Gasteiger partial charge in [0.2, 0.25) is 5.91 Å². The van der Waals surface area contributed by atoms with E-state index in [0.717, 1.165) is 19.3 Å². The lowest BCUT2D eigenvalue weighted by molar-refractivity contribution is -0.123. The molecule has 0 atom stereocenters. The van der Waals surface area contributed by atoms with E-state index in [4.69, 9.17) is 10.5 Å². The highest BCUT2D eigenvalue weighted by molar-refractivity contribution is 5.76. The number of hydrogen-bond acceptors (Lipinski definition) is 3. The summed E-state index contributed by atoms with van der Waals surface area (Å²) in [4.78, 5) is 11.7. The Morgan fingerprint density at radius 1 is 1.38 bits per heavy atom. The summed E-state index contributed by atoms with van der Waals surface area (Å²) >= 11 is 0. The summed E-state index contributed by atoms with van der Waals surface area (Å²) in [7, 11) is 1.65. The Bertz CT molecular complexity index is 213. The summed E-state index contributed by atoms with van der Waals surface area (Å²) in [5.74, 6) is 0.115. The second-order valence-corrected chi connectivity index (χ2v) is 4.69. The number of methoxy groups -OCH3 is 1. The Morgan fingerprint density at radius 3 is 2.62 bits per heavy atom. The van der Waals surface area contributed by atoms with Crippen LogP contribution < -0.4 is 11.1 Å². The van der Waals surface area contributed by atoms with Crippen LogP contribution in [0, 0.1) is 0 Å². The summed E-state index contributed by atoms with van der Waals surface area (Å²) in [5.41, 5.74) is 5.68. The number of carbonyl (C=O) groups is 1. The van der Waals surface area contributed by atoms with E-state index in [2.05, 4.69) is 5.32 Å². The van der Waals surface area contributed by atoms with Crippen LogP contribution in [0.2, 0.25) is 0 Å². The van der Waals surface area contributed by atoms with Crippen LogP contribution in [0.3, 0.4) is 0 Å². The molecule has 0 radical (unpaired) electrons. The molecule has 1 aliphatic rings. The van der Waals surface area contributed by atoms with Crippen molar-refractivity contribution in [3.8, 4) is 0 Å². The fourth-order valence-corrected chi connectivity index (χ4v) is 2.34. The van der Waals surface area contributed by atoms with Gasteiger partial charge in [-0.1, -0.05) is 19.3 Å². The molecule has 0 bridgehead atoms. The number of nitrogens with two attached hydrogens (primary N) is 1. The van der Waals surface area contributed by atoms with Crippen molar-refractivity contribution < 1.29 is 9.53 Å². The van der Waals surface area contributed by atoms with Gasteiger partial charge in [0, 0.05) is 26.7 Å². The lowest BCUT2D eigenvalue weighted by Gasteiger charge is -2.37. The number of ether oxygens (including phenoxy) is 1. The SMILES string of the molecule is COCCCC(=O)NC1(CN)CCCCC1. The minimum atomic E-state index is -0.123. The van der Waals surface area contributed by atoms with Gasteiger partial charge in [-0.05, 0) is 19.3 Å². The van der Waals surface area contributed by atoms with Crippen molar-refractivity contribution in [1.82, 2.24) is 5.32 Å². The molecule has 0 aliphatic heterocycles. The molecule has 0 unspecified atom stereocenters. The van der Waals surface area contributed by atoms with E-state index in [1.807, 2.05) is 0 Å². The zero-order valence-electron chi connectivity index (χ0n) is 10.3. The molecular weight excluding hydrogens is 204 g/mol. The Hall–Kier alpha value is -0.610. The van der Waals surface area contributed by atoms with Gasteiger partial charge in [0.25, 0.3) is 0 Å². The molecule has 0 aromatic heterocycles. The molecule has 4 nitrogen and oxygen atoms in total. The highest BCUT2D eigenvalue weighted by Gasteiger charge is 2.31. The van der Waals surface area contributed by atoms with Gasteiger partial charge in [-0.2, -0.15) is 0 Å². The molecule has 4 heteroatoms. The fraction of sp³-hybridized carbons (Fsp3) is 0.917. The van der Waals surface area contributed by atoms with E-state index in [1.54, 1.807) is 7.11 Å². The van der Waals surface area contributed by atoms with Gasteiger partial charge < -0.3 is 15.8 Å². The van der Waals surface area contributed by atoms with Crippen molar-refractivity contribution in [3.05, 3.63) is 0 Å². The quantitative estimate of drug-likeness (QED) is 0.671. The van der Waals surface area contributed by atoms with Gasteiger partial charge in [-0.3, -0.25) is 4.79 Å². The van der Waals surface area contributed by atoms with Crippen LogP contribution in [-0.4, -0.2) is 31.7 Å². The van der Waals surface area contributed by atoms with E-state index in [0.29, 0.717) is 19.6 Å². The number of amides is 1. The smallest absolute Gasteiger partial charge is 0.220 e. The van der Waals surface area contributed by atoms with Crippen molar-refractivity contribution in [3.63, 3.8) is 0 Å². The monoisotopic (exact) mass is 228 g/mol. The standard InChI is InChI=1S/C12H24N2O2/c1-16-9-5-6-11(15)14-12(10-13)7-3-2-4-8-12/h2-10,13H2,1H3,(H,14,15). The summed E-state index contributed by atoms with van der Waals surface area (Å²) in [5, 5.41) is 3.12. The van der Waals surface area contributed by atoms with Gasteiger partial charge in [0.1, 0.15) is 0 Å². The van der Waals surface area contributed by atoms with Crippen LogP contribution in [-0.2, 0) is 9.53 Å². The normalized spacial score (nSPS) is 19.4. The predicted molar refractivity (Wildman–Crippen MR) is 64.1 cm³/mol. The number of carbonyl (C=O) groups excluding carboxylic acids is 1. The molecule has 0 aromatic carbocycles. The summed E-state index contributed by atoms with van der Waals surface area (Å²) in [6.45, 7) is 1.20. The zero-order valence-corrected chi connectivity index (χ0v) is 10.3. The maximum Gasteiger partial charge on any atom is 0.220 e. The minimum Gasteiger partial charge on any atom is -0.385 e. The van der Waals surface area contributed by atoms with E-state index < -0.39 is 0 Å².